The fraction of sp³-hybridized carbons (Fsp3) is 0.471. The summed E-state index contributed by atoms with van der Waals surface area (Å²) in [5.41, 5.74) is -0.203. The zero-order valence-corrected chi connectivity index (χ0v) is 14.7. The first kappa shape index (κ1) is 17.8. The zero-order chi connectivity index (χ0) is 18.8. The number of rotatable bonds is 3. The normalized spacial score (nSPS) is 17.3. The summed E-state index contributed by atoms with van der Waals surface area (Å²) in [7, 11) is 0. The first-order chi connectivity index (χ1) is 12.3. The Morgan fingerprint density at radius 2 is 2.04 bits per heavy atom. The Morgan fingerprint density at radius 3 is 2.77 bits per heavy atom. The molecule has 0 aliphatic carbocycles. The van der Waals surface area contributed by atoms with Crippen molar-refractivity contribution in [1.82, 2.24) is 24.4 Å². The third-order valence-corrected chi connectivity index (χ3v) is 4.57. The van der Waals surface area contributed by atoms with Crippen LogP contribution in [0.5, 0.6) is 0 Å². The minimum absolute atomic E-state index is 0.0114. The highest BCUT2D eigenvalue weighted by atomic mass is 16.2. The van der Waals surface area contributed by atoms with E-state index in [2.05, 4.69) is 15.0 Å². The van der Waals surface area contributed by atoms with E-state index >= 15 is 0 Å². The highest BCUT2D eigenvalue weighted by molar-refractivity contribution is 5.76. The van der Waals surface area contributed by atoms with E-state index in [0.717, 1.165) is 12.8 Å². The fourth-order valence-electron chi connectivity index (χ4n) is 3.24. The SMILES string of the molecule is Cc1nc([C@@H]2CCCN(C(=O)Cn3cc(C)c(=O)[nH]c3=O)C2)cc(=O)[nH]1. The van der Waals surface area contributed by atoms with Gasteiger partial charge in [0.15, 0.2) is 0 Å². The van der Waals surface area contributed by atoms with Gasteiger partial charge in [0.2, 0.25) is 5.91 Å². The Morgan fingerprint density at radius 1 is 1.27 bits per heavy atom. The lowest BCUT2D eigenvalue weighted by Crippen LogP contribution is -2.43. The predicted molar refractivity (Wildman–Crippen MR) is 94.2 cm³/mol. The molecule has 0 unspecified atom stereocenters. The number of nitrogens with zero attached hydrogens (tertiary/aromatic N) is 3. The lowest BCUT2D eigenvalue weighted by molar-refractivity contribution is -0.133. The van der Waals surface area contributed by atoms with Crippen LogP contribution in [0.2, 0.25) is 0 Å². The summed E-state index contributed by atoms with van der Waals surface area (Å²) in [6.45, 7) is 4.21. The van der Waals surface area contributed by atoms with Crippen molar-refractivity contribution in [2.24, 2.45) is 0 Å². The molecule has 1 saturated heterocycles. The van der Waals surface area contributed by atoms with Crippen LogP contribution < -0.4 is 16.8 Å². The van der Waals surface area contributed by atoms with E-state index in [4.69, 9.17) is 0 Å². The molecule has 2 aromatic heterocycles. The molecule has 1 aliphatic heterocycles. The number of amides is 1. The standard InChI is InChI=1S/C17H21N5O4/c1-10-7-22(17(26)20-16(10)25)9-15(24)21-5-3-4-12(8-21)13-6-14(23)19-11(2)18-13/h6-7,12H,3-5,8-9H2,1-2H3,(H,18,19,23)(H,20,25,26)/t12-/m1/s1. The molecule has 26 heavy (non-hydrogen) atoms. The van der Waals surface area contributed by atoms with Crippen molar-refractivity contribution in [3.05, 3.63) is 60.5 Å². The van der Waals surface area contributed by atoms with E-state index in [9.17, 15) is 19.2 Å². The molecular weight excluding hydrogens is 338 g/mol. The molecule has 3 heterocycles. The van der Waals surface area contributed by atoms with E-state index in [-0.39, 0.29) is 23.9 Å². The number of aromatic amines is 2. The number of carbonyl (C=O) groups is 1. The van der Waals surface area contributed by atoms with Gasteiger partial charge < -0.3 is 9.88 Å². The summed E-state index contributed by atoms with van der Waals surface area (Å²) in [5.74, 6) is 0.332. The molecule has 1 amide bonds. The topological polar surface area (TPSA) is 121 Å². The van der Waals surface area contributed by atoms with Crippen LogP contribution in [0.4, 0.5) is 0 Å². The Bertz CT molecular complexity index is 1000. The number of carbonyl (C=O) groups excluding carboxylic acids is 1. The lowest BCUT2D eigenvalue weighted by Gasteiger charge is -2.32. The molecule has 2 N–H and O–H groups in total. The zero-order valence-electron chi connectivity index (χ0n) is 14.7. The summed E-state index contributed by atoms with van der Waals surface area (Å²) in [4.78, 5) is 58.4. The van der Waals surface area contributed by atoms with Crippen molar-refractivity contribution < 1.29 is 4.79 Å². The van der Waals surface area contributed by atoms with Crippen molar-refractivity contribution in [3.8, 4) is 0 Å². The highest BCUT2D eigenvalue weighted by Gasteiger charge is 2.26. The summed E-state index contributed by atoms with van der Waals surface area (Å²) in [5, 5.41) is 0. The summed E-state index contributed by atoms with van der Waals surface area (Å²) < 4.78 is 1.21. The molecule has 0 radical (unpaired) electrons. The average Bonchev–Trinajstić information content (AvgIpc) is 2.59. The molecule has 3 rings (SSSR count). The summed E-state index contributed by atoms with van der Waals surface area (Å²) in [6, 6.07) is 1.47. The maximum absolute atomic E-state index is 12.6. The molecule has 138 valence electrons. The molecule has 0 spiro atoms. The Hall–Kier alpha value is -2.97. The van der Waals surface area contributed by atoms with Gasteiger partial charge in [0, 0.05) is 36.8 Å². The van der Waals surface area contributed by atoms with Gasteiger partial charge in [-0.1, -0.05) is 0 Å². The minimum Gasteiger partial charge on any atom is -0.340 e. The number of H-pyrrole nitrogens is 2. The maximum atomic E-state index is 12.6. The van der Waals surface area contributed by atoms with Gasteiger partial charge in [-0.25, -0.2) is 9.78 Å². The van der Waals surface area contributed by atoms with Crippen molar-refractivity contribution in [1.29, 1.82) is 0 Å². The van der Waals surface area contributed by atoms with Crippen molar-refractivity contribution in [3.63, 3.8) is 0 Å². The van der Waals surface area contributed by atoms with Crippen LogP contribution in [0.25, 0.3) is 0 Å². The number of nitrogens with one attached hydrogen (secondary N) is 2. The predicted octanol–water partition coefficient (Wildman–Crippen LogP) is -0.357. The number of aromatic nitrogens is 4. The van der Waals surface area contributed by atoms with Gasteiger partial charge in [0.25, 0.3) is 11.1 Å². The lowest BCUT2D eigenvalue weighted by atomic mass is 9.94. The average molecular weight is 359 g/mol. The van der Waals surface area contributed by atoms with E-state index in [1.807, 2.05) is 0 Å². The summed E-state index contributed by atoms with van der Waals surface area (Å²) >= 11 is 0. The second-order valence-electron chi connectivity index (χ2n) is 6.63. The molecule has 9 heteroatoms. The first-order valence-corrected chi connectivity index (χ1v) is 8.49. The smallest absolute Gasteiger partial charge is 0.328 e. The first-order valence-electron chi connectivity index (χ1n) is 8.49. The monoisotopic (exact) mass is 359 g/mol. The van der Waals surface area contributed by atoms with E-state index < -0.39 is 11.2 Å². The van der Waals surface area contributed by atoms with E-state index in [1.54, 1.807) is 18.7 Å². The third-order valence-electron chi connectivity index (χ3n) is 4.57. The molecule has 1 aliphatic rings. The van der Waals surface area contributed by atoms with Gasteiger partial charge in [-0.2, -0.15) is 0 Å². The van der Waals surface area contributed by atoms with Crippen molar-refractivity contribution in [2.45, 2.75) is 39.2 Å². The number of aryl methyl sites for hydroxylation is 2. The van der Waals surface area contributed by atoms with Gasteiger partial charge in [0.1, 0.15) is 12.4 Å². The molecule has 1 fully saturated rings. The highest BCUT2D eigenvalue weighted by Crippen LogP contribution is 2.25. The molecule has 0 aromatic carbocycles. The quantitative estimate of drug-likeness (QED) is 0.775. The number of likely N-dealkylation sites (tertiary alicyclic amines) is 1. The van der Waals surface area contributed by atoms with Crippen LogP contribution in [0.3, 0.4) is 0 Å². The van der Waals surface area contributed by atoms with Gasteiger partial charge in [-0.3, -0.25) is 23.9 Å². The Kier molecular flexibility index (Phi) is 4.88. The van der Waals surface area contributed by atoms with Gasteiger partial charge >= 0.3 is 5.69 Å². The molecule has 0 bridgehead atoms. The molecule has 1 atom stereocenters. The van der Waals surface area contributed by atoms with Crippen molar-refractivity contribution >= 4 is 5.91 Å². The number of piperidine rings is 1. The van der Waals surface area contributed by atoms with Gasteiger partial charge in [-0.15, -0.1) is 0 Å². The fourth-order valence-corrected chi connectivity index (χ4v) is 3.24. The van der Waals surface area contributed by atoms with Crippen LogP contribution in [0.1, 0.15) is 35.8 Å². The second-order valence-corrected chi connectivity index (χ2v) is 6.63. The van der Waals surface area contributed by atoms with Crippen LogP contribution in [-0.4, -0.2) is 43.4 Å². The third kappa shape index (κ3) is 3.81. The van der Waals surface area contributed by atoms with E-state index in [1.165, 1.54) is 16.8 Å². The second kappa shape index (κ2) is 7.11. The number of hydrogen-bond donors (Lipinski definition) is 2. The van der Waals surface area contributed by atoms with E-state index in [0.29, 0.717) is 30.2 Å². The van der Waals surface area contributed by atoms with Crippen LogP contribution in [0.15, 0.2) is 26.6 Å². The maximum Gasteiger partial charge on any atom is 0.328 e. The Balaban J connectivity index is 1.76. The van der Waals surface area contributed by atoms with Crippen LogP contribution in [-0.2, 0) is 11.3 Å². The number of hydrogen-bond acceptors (Lipinski definition) is 5. The van der Waals surface area contributed by atoms with Gasteiger partial charge in [-0.05, 0) is 26.7 Å². The Labute approximate surface area is 148 Å². The molecular formula is C17H21N5O4. The molecule has 9 nitrogen and oxygen atoms in total. The largest absolute Gasteiger partial charge is 0.340 e. The van der Waals surface area contributed by atoms with Gasteiger partial charge in [0.05, 0.1) is 5.69 Å². The minimum atomic E-state index is -0.602. The van der Waals surface area contributed by atoms with Crippen LogP contribution in [0, 0.1) is 13.8 Å². The molecule has 2 aromatic rings. The summed E-state index contributed by atoms with van der Waals surface area (Å²) in [6.07, 6.45) is 3.03. The van der Waals surface area contributed by atoms with Crippen LogP contribution >= 0.6 is 0 Å². The van der Waals surface area contributed by atoms with Crippen molar-refractivity contribution in [2.75, 3.05) is 13.1 Å². The molecule has 0 saturated carbocycles.